The lowest BCUT2D eigenvalue weighted by molar-refractivity contribution is -0.605. The van der Waals surface area contributed by atoms with Crippen LogP contribution in [0.5, 0.6) is 0 Å². The van der Waals surface area contributed by atoms with Gasteiger partial charge in [0.05, 0.1) is 11.3 Å². The van der Waals surface area contributed by atoms with Crippen molar-refractivity contribution in [2.45, 2.75) is 0 Å². The summed E-state index contributed by atoms with van der Waals surface area (Å²) in [6.07, 6.45) is 2.31. The summed E-state index contributed by atoms with van der Waals surface area (Å²) in [5, 5.41) is 13.4. The summed E-state index contributed by atoms with van der Waals surface area (Å²) < 4.78 is 5.85. The van der Waals surface area contributed by atoms with Gasteiger partial charge in [-0.05, 0) is 0 Å². The summed E-state index contributed by atoms with van der Waals surface area (Å²) in [5.74, 6) is -0.947. The second kappa shape index (κ2) is 7.88. The molecule has 1 aromatic rings. The number of nitrogens with one attached hydrogen (secondary N) is 1. The van der Waals surface area contributed by atoms with Gasteiger partial charge in [0.25, 0.3) is 5.91 Å². The average molecular weight is 355 g/mol. The van der Waals surface area contributed by atoms with Crippen molar-refractivity contribution in [2.24, 2.45) is 0 Å². The second-order valence-corrected chi connectivity index (χ2v) is 6.08. The van der Waals surface area contributed by atoms with Gasteiger partial charge in [0.15, 0.2) is 19.0 Å². The van der Waals surface area contributed by atoms with Crippen LogP contribution in [0.1, 0.15) is 10.4 Å². The third kappa shape index (κ3) is 4.89. The molecule has 0 aromatic carbocycles. The molecule has 1 N–H and O–H groups in total. The van der Waals surface area contributed by atoms with Crippen molar-refractivity contribution >= 4 is 46.1 Å². The monoisotopic (exact) mass is 355 g/mol. The number of thioether (sulfide) groups is 1. The van der Waals surface area contributed by atoms with E-state index in [1.165, 1.54) is 28.8 Å². The molecular formula is C13H13N3O5S2. The molecular weight excluding hydrogens is 342 g/mol. The molecule has 0 spiro atoms. The average Bonchev–Trinajstić information content (AvgIpc) is 2.85. The molecule has 23 heavy (non-hydrogen) atoms. The minimum atomic E-state index is -0.701. The fourth-order valence-corrected chi connectivity index (χ4v) is 2.84. The van der Waals surface area contributed by atoms with Crippen LogP contribution in [0.4, 0.5) is 0 Å². The van der Waals surface area contributed by atoms with Gasteiger partial charge < -0.3 is 15.3 Å². The summed E-state index contributed by atoms with van der Waals surface area (Å²) >= 11 is 6.29. The van der Waals surface area contributed by atoms with Crippen LogP contribution in [0.25, 0.3) is 0 Å². The summed E-state index contributed by atoms with van der Waals surface area (Å²) in [6, 6.07) is 2.59. The van der Waals surface area contributed by atoms with Gasteiger partial charge in [-0.1, -0.05) is 24.0 Å². The van der Waals surface area contributed by atoms with Gasteiger partial charge in [0.2, 0.25) is 5.91 Å². The van der Waals surface area contributed by atoms with Gasteiger partial charge >= 0.3 is 5.97 Å². The first-order valence-electron chi connectivity index (χ1n) is 6.57. The van der Waals surface area contributed by atoms with Crippen molar-refractivity contribution in [1.29, 1.82) is 0 Å². The zero-order valence-corrected chi connectivity index (χ0v) is 13.5. The fraction of sp³-hybridized carbons (Fsp3) is 0.308. The van der Waals surface area contributed by atoms with Crippen molar-refractivity contribution in [3.63, 3.8) is 0 Å². The first-order chi connectivity index (χ1) is 11.0. The standard InChI is InChI=1S/C13H13N3O5S2/c17-10(14-3-6-16-11(18)8-23-13(16)22)7-21-12(19)9-1-4-15(20)5-2-9/h1-2,4-5H,3,6-8H2,(H,14,17). The van der Waals surface area contributed by atoms with Crippen LogP contribution in [0.3, 0.4) is 0 Å². The summed E-state index contributed by atoms with van der Waals surface area (Å²) in [6.45, 7) is 0.0507. The Kier molecular flexibility index (Phi) is 5.88. The predicted molar refractivity (Wildman–Crippen MR) is 85.5 cm³/mol. The van der Waals surface area contributed by atoms with E-state index in [0.717, 1.165) is 12.4 Å². The molecule has 0 saturated carbocycles. The summed E-state index contributed by atoms with van der Waals surface area (Å²) in [4.78, 5) is 36.1. The number of thiocarbonyl (C=S) groups is 1. The lowest BCUT2D eigenvalue weighted by atomic mass is 10.3. The zero-order valence-electron chi connectivity index (χ0n) is 11.9. The molecule has 1 fully saturated rings. The van der Waals surface area contributed by atoms with Gasteiger partial charge in [-0.25, -0.2) is 4.79 Å². The van der Waals surface area contributed by atoms with Crippen LogP contribution < -0.4 is 10.0 Å². The number of hydrogen-bond donors (Lipinski definition) is 1. The highest BCUT2D eigenvalue weighted by Gasteiger charge is 2.25. The molecule has 0 unspecified atom stereocenters. The molecule has 0 aliphatic carbocycles. The van der Waals surface area contributed by atoms with Crippen molar-refractivity contribution in [1.82, 2.24) is 10.2 Å². The van der Waals surface area contributed by atoms with Crippen LogP contribution >= 0.6 is 24.0 Å². The number of amides is 2. The summed E-state index contributed by atoms with van der Waals surface area (Å²) in [7, 11) is 0. The number of aromatic nitrogens is 1. The highest BCUT2D eigenvalue weighted by molar-refractivity contribution is 8.23. The van der Waals surface area contributed by atoms with E-state index in [1.54, 1.807) is 0 Å². The first kappa shape index (κ1) is 17.2. The number of ether oxygens (including phenoxy) is 1. The minimum Gasteiger partial charge on any atom is -0.619 e. The first-order valence-corrected chi connectivity index (χ1v) is 7.96. The van der Waals surface area contributed by atoms with Gasteiger partial charge in [-0.2, -0.15) is 4.73 Å². The Morgan fingerprint density at radius 1 is 1.43 bits per heavy atom. The molecule has 122 valence electrons. The Hall–Kier alpha value is -2.20. The van der Waals surface area contributed by atoms with E-state index in [1.807, 2.05) is 0 Å². The molecule has 8 nitrogen and oxygen atoms in total. The smallest absolute Gasteiger partial charge is 0.339 e. The van der Waals surface area contributed by atoms with E-state index >= 15 is 0 Å². The van der Waals surface area contributed by atoms with Gasteiger partial charge in [0, 0.05) is 25.2 Å². The molecule has 1 aromatic heterocycles. The maximum atomic E-state index is 11.6. The molecule has 1 saturated heterocycles. The van der Waals surface area contributed by atoms with Gasteiger partial charge in [-0.15, -0.1) is 0 Å². The second-order valence-electron chi connectivity index (χ2n) is 4.47. The number of carbonyl (C=O) groups excluding carboxylic acids is 3. The molecule has 0 atom stereocenters. The van der Waals surface area contributed by atoms with Crippen LogP contribution in [0, 0.1) is 5.21 Å². The summed E-state index contributed by atoms with van der Waals surface area (Å²) in [5.41, 5.74) is 0.176. The Bertz CT molecular complexity index is 619. The van der Waals surface area contributed by atoms with Crippen molar-refractivity contribution in [3.8, 4) is 0 Å². The Morgan fingerprint density at radius 2 is 2.13 bits per heavy atom. The minimum absolute atomic E-state index is 0.0830. The van der Waals surface area contributed by atoms with E-state index < -0.39 is 18.5 Å². The van der Waals surface area contributed by atoms with E-state index in [9.17, 15) is 19.6 Å². The Balaban J connectivity index is 1.69. The quantitative estimate of drug-likeness (QED) is 0.316. The normalized spacial score (nSPS) is 14.0. The molecule has 2 amide bonds. The SMILES string of the molecule is O=C(COC(=O)c1cc[n+]([O-])cc1)NCCN1C(=O)CSC1=S. The number of hydrogen-bond acceptors (Lipinski definition) is 7. The van der Waals surface area contributed by atoms with Crippen molar-refractivity contribution in [2.75, 3.05) is 25.4 Å². The van der Waals surface area contributed by atoms with E-state index in [4.69, 9.17) is 17.0 Å². The highest BCUT2D eigenvalue weighted by atomic mass is 32.2. The van der Waals surface area contributed by atoms with Crippen LogP contribution in [-0.4, -0.2) is 52.5 Å². The molecule has 10 heteroatoms. The fourth-order valence-electron chi connectivity index (χ4n) is 1.72. The van der Waals surface area contributed by atoms with Crippen LogP contribution in [-0.2, 0) is 14.3 Å². The maximum Gasteiger partial charge on any atom is 0.339 e. The third-order valence-electron chi connectivity index (χ3n) is 2.87. The van der Waals surface area contributed by atoms with Gasteiger partial charge in [0.1, 0.15) is 4.32 Å². The molecule has 2 heterocycles. The Morgan fingerprint density at radius 3 is 2.74 bits per heavy atom. The topological polar surface area (TPSA) is 103 Å². The van der Waals surface area contributed by atoms with Crippen molar-refractivity contribution < 1.29 is 23.9 Å². The van der Waals surface area contributed by atoms with E-state index in [0.29, 0.717) is 14.8 Å². The third-order valence-corrected chi connectivity index (χ3v) is 4.30. The van der Waals surface area contributed by atoms with E-state index in [2.05, 4.69) is 5.32 Å². The Labute approximate surface area is 141 Å². The predicted octanol–water partition coefficient (Wildman–Crippen LogP) is -0.547. The molecule has 0 radical (unpaired) electrons. The molecule has 1 aliphatic heterocycles. The molecule has 0 bridgehead atoms. The number of nitrogens with zero attached hydrogens (tertiary/aromatic N) is 2. The number of rotatable bonds is 6. The van der Waals surface area contributed by atoms with Gasteiger partial charge in [-0.3, -0.25) is 14.5 Å². The number of esters is 1. The van der Waals surface area contributed by atoms with Crippen LogP contribution in [0.2, 0.25) is 0 Å². The van der Waals surface area contributed by atoms with Crippen LogP contribution in [0.15, 0.2) is 24.5 Å². The molecule has 2 rings (SSSR count). The number of carbonyl (C=O) groups is 3. The largest absolute Gasteiger partial charge is 0.619 e. The maximum absolute atomic E-state index is 11.6. The lowest BCUT2D eigenvalue weighted by Crippen LogP contribution is -2.38. The lowest BCUT2D eigenvalue weighted by Gasteiger charge is -2.15. The zero-order chi connectivity index (χ0) is 16.8. The molecule has 1 aliphatic rings. The van der Waals surface area contributed by atoms with E-state index in [-0.39, 0.29) is 24.6 Å². The number of pyridine rings is 1. The highest BCUT2D eigenvalue weighted by Crippen LogP contribution is 2.18. The van der Waals surface area contributed by atoms with Crippen molar-refractivity contribution in [3.05, 3.63) is 35.3 Å².